The molecule has 0 amide bonds. The van der Waals surface area contributed by atoms with E-state index in [9.17, 15) is 8.78 Å². The van der Waals surface area contributed by atoms with Crippen LogP contribution >= 0.6 is 0 Å². The summed E-state index contributed by atoms with van der Waals surface area (Å²) in [4.78, 5) is 0. The minimum atomic E-state index is -0.634. The Morgan fingerprint density at radius 3 is 2.70 bits per heavy atom. The van der Waals surface area contributed by atoms with Gasteiger partial charge < -0.3 is 10.1 Å². The third kappa shape index (κ3) is 4.17. The summed E-state index contributed by atoms with van der Waals surface area (Å²) >= 11 is 0. The molecule has 2 rings (SSSR count). The van der Waals surface area contributed by atoms with Crippen LogP contribution in [0, 0.1) is 17.6 Å². The monoisotopic (exact) mass is 283 g/mol. The van der Waals surface area contributed by atoms with Crippen molar-refractivity contribution >= 4 is 0 Å². The maximum absolute atomic E-state index is 13.5. The van der Waals surface area contributed by atoms with Crippen molar-refractivity contribution in [1.82, 2.24) is 5.32 Å². The van der Waals surface area contributed by atoms with Crippen molar-refractivity contribution in [3.63, 3.8) is 0 Å². The summed E-state index contributed by atoms with van der Waals surface area (Å²) in [6.07, 6.45) is 6.00. The van der Waals surface area contributed by atoms with Crippen molar-refractivity contribution in [3.05, 3.63) is 29.8 Å². The van der Waals surface area contributed by atoms with Crippen LogP contribution in [0.15, 0.2) is 18.2 Å². The fourth-order valence-electron chi connectivity index (χ4n) is 2.82. The van der Waals surface area contributed by atoms with E-state index < -0.39 is 11.6 Å². The van der Waals surface area contributed by atoms with E-state index in [0.717, 1.165) is 19.0 Å². The van der Waals surface area contributed by atoms with Crippen molar-refractivity contribution in [2.45, 2.75) is 45.1 Å². The summed E-state index contributed by atoms with van der Waals surface area (Å²) in [5.41, 5.74) is 0. The molecule has 0 aliphatic heterocycles. The van der Waals surface area contributed by atoms with Crippen LogP contribution in [0.3, 0.4) is 0 Å². The molecule has 1 fully saturated rings. The highest BCUT2D eigenvalue weighted by Gasteiger charge is 2.25. The molecule has 0 radical (unpaired) electrons. The van der Waals surface area contributed by atoms with E-state index in [1.807, 2.05) is 0 Å². The molecule has 1 unspecified atom stereocenters. The van der Waals surface area contributed by atoms with Gasteiger partial charge in [-0.25, -0.2) is 8.78 Å². The van der Waals surface area contributed by atoms with Crippen LogP contribution in [0.2, 0.25) is 0 Å². The largest absolute Gasteiger partial charge is 0.489 e. The second-order valence-corrected chi connectivity index (χ2v) is 5.49. The van der Waals surface area contributed by atoms with Crippen LogP contribution in [-0.2, 0) is 0 Å². The summed E-state index contributed by atoms with van der Waals surface area (Å²) < 4.78 is 32.0. The van der Waals surface area contributed by atoms with Gasteiger partial charge in [0.25, 0.3) is 0 Å². The van der Waals surface area contributed by atoms with Crippen molar-refractivity contribution in [2.24, 2.45) is 5.92 Å². The van der Waals surface area contributed by atoms with E-state index in [1.165, 1.54) is 37.8 Å². The number of rotatable bonds is 7. The summed E-state index contributed by atoms with van der Waals surface area (Å²) in [6, 6.07) is 3.69. The molecule has 1 aliphatic carbocycles. The zero-order valence-corrected chi connectivity index (χ0v) is 12.0. The predicted octanol–water partition coefficient (Wildman–Crippen LogP) is 3.90. The van der Waals surface area contributed by atoms with Gasteiger partial charge in [-0.1, -0.05) is 19.8 Å². The first-order chi connectivity index (χ1) is 9.70. The first-order valence-corrected chi connectivity index (χ1v) is 7.52. The highest BCUT2D eigenvalue weighted by atomic mass is 19.1. The molecule has 1 atom stereocenters. The van der Waals surface area contributed by atoms with Gasteiger partial charge in [-0.2, -0.15) is 0 Å². The molecular weight excluding hydrogens is 260 g/mol. The number of hydrogen-bond acceptors (Lipinski definition) is 2. The van der Waals surface area contributed by atoms with Gasteiger partial charge in [0.2, 0.25) is 0 Å². The Balaban J connectivity index is 1.93. The minimum absolute atomic E-state index is 0.132. The lowest BCUT2D eigenvalue weighted by atomic mass is 9.98. The molecule has 1 aromatic rings. The van der Waals surface area contributed by atoms with Gasteiger partial charge >= 0.3 is 0 Å². The summed E-state index contributed by atoms with van der Waals surface area (Å²) in [5, 5.41) is 3.49. The van der Waals surface area contributed by atoms with E-state index in [-0.39, 0.29) is 11.8 Å². The molecule has 0 spiro atoms. The highest BCUT2D eigenvalue weighted by Crippen LogP contribution is 2.28. The lowest BCUT2D eigenvalue weighted by Crippen LogP contribution is -2.40. The van der Waals surface area contributed by atoms with Crippen molar-refractivity contribution in [2.75, 3.05) is 13.2 Å². The Kier molecular flexibility index (Phi) is 5.77. The number of nitrogens with one attached hydrogen (secondary N) is 1. The molecule has 0 heterocycles. The van der Waals surface area contributed by atoms with Crippen LogP contribution in [0.4, 0.5) is 8.78 Å². The second kappa shape index (κ2) is 7.58. The van der Waals surface area contributed by atoms with Crippen molar-refractivity contribution in [3.8, 4) is 5.75 Å². The van der Waals surface area contributed by atoms with Crippen LogP contribution in [0.5, 0.6) is 5.75 Å². The number of hydrogen-bond donors (Lipinski definition) is 1. The van der Waals surface area contributed by atoms with Crippen LogP contribution in [0.1, 0.15) is 39.0 Å². The first-order valence-electron chi connectivity index (χ1n) is 7.52. The van der Waals surface area contributed by atoms with Crippen molar-refractivity contribution < 1.29 is 13.5 Å². The average Bonchev–Trinajstić information content (AvgIpc) is 2.95. The van der Waals surface area contributed by atoms with E-state index >= 15 is 0 Å². The molecule has 4 heteroatoms. The van der Waals surface area contributed by atoms with Gasteiger partial charge in [-0.05, 0) is 43.9 Å². The quantitative estimate of drug-likeness (QED) is 0.819. The van der Waals surface area contributed by atoms with E-state index in [2.05, 4.69) is 12.2 Å². The summed E-state index contributed by atoms with van der Waals surface area (Å²) in [5.74, 6) is -0.477. The third-order valence-electron chi connectivity index (χ3n) is 3.94. The fourth-order valence-corrected chi connectivity index (χ4v) is 2.82. The van der Waals surface area contributed by atoms with Crippen molar-refractivity contribution in [1.29, 1.82) is 0 Å². The zero-order chi connectivity index (χ0) is 14.4. The Bertz CT molecular complexity index is 419. The lowest BCUT2D eigenvalue weighted by molar-refractivity contribution is 0.210. The van der Waals surface area contributed by atoms with Crippen LogP contribution in [0.25, 0.3) is 0 Å². The van der Waals surface area contributed by atoms with Gasteiger partial charge in [-0.3, -0.25) is 0 Å². The Morgan fingerprint density at radius 1 is 1.30 bits per heavy atom. The number of benzene rings is 1. The molecule has 0 bridgehead atoms. The van der Waals surface area contributed by atoms with E-state index in [4.69, 9.17) is 4.74 Å². The molecular formula is C16H23F2NO. The number of ether oxygens (including phenoxy) is 1. The second-order valence-electron chi connectivity index (χ2n) is 5.49. The highest BCUT2D eigenvalue weighted by molar-refractivity contribution is 5.24. The van der Waals surface area contributed by atoms with Gasteiger partial charge in [0.05, 0.1) is 0 Å². The SMILES string of the molecule is CCCNC(COc1ccc(F)cc1F)C1CCCC1. The Morgan fingerprint density at radius 2 is 2.05 bits per heavy atom. The molecule has 1 N–H and O–H groups in total. The summed E-state index contributed by atoms with van der Waals surface area (Å²) in [6.45, 7) is 3.50. The van der Waals surface area contributed by atoms with Gasteiger partial charge in [0.15, 0.2) is 11.6 Å². The average molecular weight is 283 g/mol. The standard InChI is InChI=1S/C16H23F2NO/c1-2-9-19-15(12-5-3-4-6-12)11-20-16-8-7-13(17)10-14(16)18/h7-8,10,12,15,19H,2-6,9,11H2,1H3. The van der Waals surface area contributed by atoms with E-state index in [1.54, 1.807) is 0 Å². The summed E-state index contributed by atoms with van der Waals surface area (Å²) in [7, 11) is 0. The Labute approximate surface area is 119 Å². The fraction of sp³-hybridized carbons (Fsp3) is 0.625. The molecule has 0 saturated heterocycles. The lowest BCUT2D eigenvalue weighted by Gasteiger charge is -2.25. The van der Waals surface area contributed by atoms with E-state index in [0.29, 0.717) is 12.5 Å². The predicted molar refractivity (Wildman–Crippen MR) is 75.9 cm³/mol. The smallest absolute Gasteiger partial charge is 0.167 e. The zero-order valence-electron chi connectivity index (χ0n) is 12.0. The van der Waals surface area contributed by atoms with Gasteiger partial charge in [0, 0.05) is 12.1 Å². The van der Waals surface area contributed by atoms with Crippen LogP contribution in [-0.4, -0.2) is 19.2 Å². The molecule has 20 heavy (non-hydrogen) atoms. The molecule has 1 saturated carbocycles. The Hall–Kier alpha value is -1.16. The molecule has 2 nitrogen and oxygen atoms in total. The molecule has 1 aromatic carbocycles. The maximum atomic E-state index is 13.5. The van der Waals surface area contributed by atoms with Crippen LogP contribution < -0.4 is 10.1 Å². The van der Waals surface area contributed by atoms with Gasteiger partial charge in [-0.15, -0.1) is 0 Å². The topological polar surface area (TPSA) is 21.3 Å². The van der Waals surface area contributed by atoms with Gasteiger partial charge in [0.1, 0.15) is 12.4 Å². The number of halogens is 2. The minimum Gasteiger partial charge on any atom is -0.489 e. The first kappa shape index (κ1) is 15.2. The molecule has 112 valence electrons. The molecule has 0 aromatic heterocycles. The third-order valence-corrected chi connectivity index (χ3v) is 3.94. The molecule has 1 aliphatic rings. The maximum Gasteiger partial charge on any atom is 0.167 e. The normalized spacial score (nSPS) is 17.4.